The van der Waals surface area contributed by atoms with Crippen LogP contribution < -0.4 is 10.6 Å². The first-order valence-corrected chi connectivity index (χ1v) is 6.59. The lowest BCUT2D eigenvalue weighted by Crippen LogP contribution is -2.33. The third kappa shape index (κ3) is 2.56. The summed E-state index contributed by atoms with van der Waals surface area (Å²) in [6.07, 6.45) is 2.72. The van der Waals surface area contributed by atoms with Crippen LogP contribution in [-0.2, 0) is 4.79 Å². The van der Waals surface area contributed by atoms with Crippen molar-refractivity contribution in [2.24, 2.45) is 11.7 Å². The lowest BCUT2D eigenvalue weighted by molar-refractivity contribution is -0.121. The Morgan fingerprint density at radius 3 is 2.61 bits per heavy atom. The van der Waals surface area contributed by atoms with Crippen molar-refractivity contribution in [2.75, 3.05) is 11.9 Å². The first-order valence-electron chi connectivity index (χ1n) is 6.59. The lowest BCUT2D eigenvalue weighted by Gasteiger charge is -2.23. The van der Waals surface area contributed by atoms with Crippen LogP contribution >= 0.6 is 0 Å². The van der Waals surface area contributed by atoms with E-state index in [9.17, 15) is 4.79 Å². The molecule has 3 nitrogen and oxygen atoms in total. The highest BCUT2D eigenvalue weighted by Gasteiger charge is 2.30. The predicted molar refractivity (Wildman–Crippen MR) is 74.6 cm³/mol. The van der Waals surface area contributed by atoms with E-state index in [1.807, 2.05) is 26.1 Å². The van der Waals surface area contributed by atoms with Crippen molar-refractivity contribution in [3.8, 4) is 0 Å². The summed E-state index contributed by atoms with van der Waals surface area (Å²) >= 11 is 0. The van der Waals surface area contributed by atoms with Crippen molar-refractivity contribution < 1.29 is 4.79 Å². The summed E-state index contributed by atoms with van der Waals surface area (Å²) in [4.78, 5) is 14.2. The molecule has 3 heteroatoms. The molecule has 1 aromatic carbocycles. The summed E-state index contributed by atoms with van der Waals surface area (Å²) < 4.78 is 0. The second-order valence-electron chi connectivity index (χ2n) is 5.46. The molecule has 1 saturated carbocycles. The van der Waals surface area contributed by atoms with E-state index >= 15 is 0 Å². The molecule has 1 aliphatic carbocycles. The summed E-state index contributed by atoms with van der Waals surface area (Å²) in [6, 6.07) is 6.38. The predicted octanol–water partition coefficient (Wildman–Crippen LogP) is 2.39. The van der Waals surface area contributed by atoms with Crippen molar-refractivity contribution >= 4 is 11.6 Å². The minimum Gasteiger partial charge on any atom is -0.328 e. The van der Waals surface area contributed by atoms with Gasteiger partial charge in [0.25, 0.3) is 0 Å². The molecule has 2 unspecified atom stereocenters. The molecule has 0 heterocycles. The summed E-state index contributed by atoms with van der Waals surface area (Å²) in [5.41, 5.74) is 9.26. The number of benzene rings is 1. The maximum absolute atomic E-state index is 12.4. The van der Waals surface area contributed by atoms with Gasteiger partial charge in [-0.15, -0.1) is 0 Å². The van der Waals surface area contributed by atoms with Gasteiger partial charge >= 0.3 is 0 Å². The molecule has 1 aromatic rings. The second-order valence-corrected chi connectivity index (χ2v) is 5.46. The van der Waals surface area contributed by atoms with Crippen LogP contribution in [0.15, 0.2) is 18.2 Å². The zero-order valence-corrected chi connectivity index (χ0v) is 11.4. The molecule has 2 N–H and O–H groups in total. The van der Waals surface area contributed by atoms with Gasteiger partial charge in [-0.2, -0.15) is 0 Å². The molecular weight excluding hydrogens is 224 g/mol. The van der Waals surface area contributed by atoms with Gasteiger partial charge < -0.3 is 10.6 Å². The second kappa shape index (κ2) is 5.11. The zero-order chi connectivity index (χ0) is 13.3. The third-order valence-electron chi connectivity index (χ3n) is 3.87. The van der Waals surface area contributed by atoms with E-state index in [-0.39, 0.29) is 17.9 Å². The highest BCUT2D eigenvalue weighted by Crippen LogP contribution is 2.28. The lowest BCUT2D eigenvalue weighted by atomic mass is 10.0. The largest absolute Gasteiger partial charge is 0.328 e. The summed E-state index contributed by atoms with van der Waals surface area (Å²) in [5, 5.41) is 0. The van der Waals surface area contributed by atoms with E-state index in [4.69, 9.17) is 5.73 Å². The van der Waals surface area contributed by atoms with Crippen LogP contribution in [-0.4, -0.2) is 19.0 Å². The minimum atomic E-state index is 0.103. The smallest absolute Gasteiger partial charge is 0.229 e. The van der Waals surface area contributed by atoms with Gasteiger partial charge in [0.15, 0.2) is 0 Å². The van der Waals surface area contributed by atoms with E-state index in [1.54, 1.807) is 4.90 Å². The van der Waals surface area contributed by atoms with Crippen LogP contribution in [0.2, 0.25) is 0 Å². The Morgan fingerprint density at radius 1 is 1.33 bits per heavy atom. The molecule has 1 fully saturated rings. The van der Waals surface area contributed by atoms with Crippen LogP contribution in [0, 0.1) is 19.8 Å². The Bertz CT molecular complexity index is 456. The topological polar surface area (TPSA) is 46.3 Å². The fraction of sp³-hybridized carbons (Fsp3) is 0.533. The molecule has 0 aromatic heterocycles. The first kappa shape index (κ1) is 13.1. The monoisotopic (exact) mass is 246 g/mol. The average molecular weight is 246 g/mol. The number of hydrogen-bond acceptors (Lipinski definition) is 2. The number of nitrogens with zero attached hydrogens (tertiary/aromatic N) is 1. The fourth-order valence-electron chi connectivity index (χ4n) is 2.82. The molecule has 2 atom stereocenters. The number of aryl methyl sites for hydroxylation is 2. The standard InChI is InChI=1S/C15H22N2O/c1-10-4-7-14(11(2)8-10)17(3)15(18)12-5-6-13(16)9-12/h4,7-8,12-13H,5-6,9,16H2,1-3H3. The van der Waals surface area contributed by atoms with Gasteiger partial charge in [-0.1, -0.05) is 17.7 Å². The van der Waals surface area contributed by atoms with E-state index in [2.05, 4.69) is 13.0 Å². The van der Waals surface area contributed by atoms with Gasteiger partial charge in [-0.25, -0.2) is 0 Å². The Morgan fingerprint density at radius 2 is 2.06 bits per heavy atom. The molecule has 18 heavy (non-hydrogen) atoms. The zero-order valence-electron chi connectivity index (χ0n) is 11.4. The molecule has 1 amide bonds. The maximum Gasteiger partial charge on any atom is 0.229 e. The maximum atomic E-state index is 12.4. The average Bonchev–Trinajstić information content (AvgIpc) is 2.74. The van der Waals surface area contributed by atoms with Gasteiger partial charge in [0, 0.05) is 24.7 Å². The van der Waals surface area contributed by atoms with Crippen LogP contribution in [0.3, 0.4) is 0 Å². The SMILES string of the molecule is Cc1ccc(N(C)C(=O)C2CCC(N)C2)c(C)c1. The van der Waals surface area contributed by atoms with Gasteiger partial charge in [0.05, 0.1) is 0 Å². The molecule has 98 valence electrons. The van der Waals surface area contributed by atoms with E-state index < -0.39 is 0 Å². The van der Waals surface area contributed by atoms with Gasteiger partial charge in [-0.3, -0.25) is 4.79 Å². The van der Waals surface area contributed by atoms with E-state index in [1.165, 1.54) is 5.56 Å². The number of carbonyl (C=O) groups excluding carboxylic acids is 1. The molecule has 0 saturated heterocycles. The Labute approximate surface area is 109 Å². The normalized spacial score (nSPS) is 23.1. The van der Waals surface area contributed by atoms with Crippen LogP contribution in [0.5, 0.6) is 0 Å². The number of amides is 1. The molecule has 0 spiro atoms. The molecule has 0 aliphatic heterocycles. The van der Waals surface area contributed by atoms with Crippen LogP contribution in [0.4, 0.5) is 5.69 Å². The molecule has 0 radical (unpaired) electrons. The van der Waals surface area contributed by atoms with Crippen LogP contribution in [0.1, 0.15) is 30.4 Å². The quantitative estimate of drug-likeness (QED) is 0.871. The van der Waals surface area contributed by atoms with Crippen molar-refractivity contribution in [3.05, 3.63) is 29.3 Å². The van der Waals surface area contributed by atoms with Gasteiger partial charge in [-0.05, 0) is 44.7 Å². The third-order valence-corrected chi connectivity index (χ3v) is 3.87. The van der Waals surface area contributed by atoms with Crippen molar-refractivity contribution in [1.82, 2.24) is 0 Å². The van der Waals surface area contributed by atoms with Crippen LogP contribution in [0.25, 0.3) is 0 Å². The van der Waals surface area contributed by atoms with Gasteiger partial charge in [0.1, 0.15) is 0 Å². The van der Waals surface area contributed by atoms with Crippen molar-refractivity contribution in [2.45, 2.75) is 39.2 Å². The number of hydrogen-bond donors (Lipinski definition) is 1. The molecule has 1 aliphatic rings. The van der Waals surface area contributed by atoms with E-state index in [0.29, 0.717) is 0 Å². The molecule has 0 bridgehead atoms. The highest BCUT2D eigenvalue weighted by atomic mass is 16.2. The Hall–Kier alpha value is -1.35. The summed E-state index contributed by atoms with van der Waals surface area (Å²) in [5.74, 6) is 0.306. The van der Waals surface area contributed by atoms with Crippen molar-refractivity contribution in [1.29, 1.82) is 0 Å². The molecule has 2 rings (SSSR count). The number of carbonyl (C=O) groups is 1. The highest BCUT2D eigenvalue weighted by molar-refractivity contribution is 5.95. The summed E-state index contributed by atoms with van der Waals surface area (Å²) in [6.45, 7) is 4.11. The fourth-order valence-corrected chi connectivity index (χ4v) is 2.82. The molecular formula is C15H22N2O. The van der Waals surface area contributed by atoms with E-state index in [0.717, 1.165) is 30.5 Å². The Balaban J connectivity index is 2.15. The number of nitrogens with two attached hydrogens (primary N) is 1. The first-order chi connectivity index (χ1) is 8.49. The minimum absolute atomic E-state index is 0.103. The van der Waals surface area contributed by atoms with Gasteiger partial charge in [0.2, 0.25) is 5.91 Å². The number of rotatable bonds is 2. The summed E-state index contributed by atoms with van der Waals surface area (Å²) in [7, 11) is 1.86. The van der Waals surface area contributed by atoms with Crippen molar-refractivity contribution in [3.63, 3.8) is 0 Å². The number of anilines is 1. The Kier molecular flexibility index (Phi) is 3.71.